The Morgan fingerprint density at radius 1 is 1.19 bits per heavy atom. The van der Waals surface area contributed by atoms with Gasteiger partial charge in [-0.05, 0) is 20.8 Å². The molecule has 1 aromatic rings. The average Bonchev–Trinajstić information content (AvgIpc) is 2.43. The van der Waals surface area contributed by atoms with E-state index >= 15 is 0 Å². The lowest BCUT2D eigenvalue weighted by Crippen LogP contribution is -2.41. The summed E-state index contributed by atoms with van der Waals surface area (Å²) >= 11 is 0. The Kier molecular flexibility index (Phi) is 6.13. The molecular weight excluding hydrogens is 270 g/mol. The molecule has 21 heavy (non-hydrogen) atoms. The van der Waals surface area contributed by atoms with Crippen molar-refractivity contribution in [3.8, 4) is 0 Å². The molecule has 1 heterocycles. The van der Waals surface area contributed by atoms with E-state index in [0.29, 0.717) is 24.4 Å². The molecule has 0 aliphatic carbocycles. The third kappa shape index (κ3) is 5.05. The summed E-state index contributed by atoms with van der Waals surface area (Å²) in [7, 11) is 5.47. The van der Waals surface area contributed by atoms with Crippen LogP contribution in [0, 0.1) is 0 Å². The van der Waals surface area contributed by atoms with E-state index in [2.05, 4.69) is 25.6 Å². The first-order valence-corrected chi connectivity index (χ1v) is 7.02. The van der Waals surface area contributed by atoms with Crippen molar-refractivity contribution in [1.82, 2.24) is 20.3 Å². The third-order valence-corrected chi connectivity index (χ3v) is 2.68. The molecule has 0 fully saturated rings. The number of hydrogen-bond donors (Lipinski definition) is 2. The minimum atomic E-state index is -0.0512. The summed E-state index contributed by atoms with van der Waals surface area (Å²) in [6.07, 6.45) is 0. The SMILES string of the molecule is CCN(CC(=O)NC(C)C)c1nc(NC)nc(N(C)C)n1. The highest BCUT2D eigenvalue weighted by Crippen LogP contribution is 2.14. The number of anilines is 3. The molecule has 0 aromatic carbocycles. The van der Waals surface area contributed by atoms with Crippen LogP contribution >= 0.6 is 0 Å². The third-order valence-electron chi connectivity index (χ3n) is 2.68. The maximum absolute atomic E-state index is 11.9. The van der Waals surface area contributed by atoms with Crippen LogP contribution in [0.3, 0.4) is 0 Å². The van der Waals surface area contributed by atoms with Crippen molar-refractivity contribution < 1.29 is 4.79 Å². The zero-order chi connectivity index (χ0) is 16.0. The van der Waals surface area contributed by atoms with Crippen LogP contribution in [0.5, 0.6) is 0 Å². The molecular formula is C13H25N7O. The molecule has 1 amide bonds. The van der Waals surface area contributed by atoms with Crippen LogP contribution in [0.4, 0.5) is 17.8 Å². The molecule has 0 aliphatic rings. The van der Waals surface area contributed by atoms with Gasteiger partial charge in [-0.3, -0.25) is 4.79 Å². The lowest BCUT2D eigenvalue weighted by atomic mass is 10.4. The fraction of sp³-hybridized carbons (Fsp3) is 0.692. The fourth-order valence-electron chi connectivity index (χ4n) is 1.67. The second-order valence-electron chi connectivity index (χ2n) is 5.14. The molecule has 0 unspecified atom stereocenters. The van der Waals surface area contributed by atoms with Gasteiger partial charge in [0.1, 0.15) is 0 Å². The molecule has 0 bridgehead atoms. The quantitative estimate of drug-likeness (QED) is 0.749. The number of amides is 1. The first-order chi connectivity index (χ1) is 9.87. The molecule has 0 atom stereocenters. The molecule has 0 aliphatic heterocycles. The minimum Gasteiger partial charge on any atom is -0.357 e. The van der Waals surface area contributed by atoms with Gasteiger partial charge in [-0.2, -0.15) is 15.0 Å². The van der Waals surface area contributed by atoms with Crippen molar-refractivity contribution in [3.63, 3.8) is 0 Å². The summed E-state index contributed by atoms with van der Waals surface area (Å²) in [5.41, 5.74) is 0. The van der Waals surface area contributed by atoms with Crippen LogP contribution in [0.25, 0.3) is 0 Å². The average molecular weight is 295 g/mol. The first kappa shape index (κ1) is 16.9. The largest absolute Gasteiger partial charge is 0.357 e. The molecule has 1 aromatic heterocycles. The molecule has 118 valence electrons. The number of rotatable bonds is 7. The first-order valence-electron chi connectivity index (χ1n) is 7.02. The summed E-state index contributed by atoms with van der Waals surface area (Å²) in [4.78, 5) is 28.5. The van der Waals surface area contributed by atoms with Gasteiger partial charge in [-0.1, -0.05) is 0 Å². The molecule has 1 rings (SSSR count). The van der Waals surface area contributed by atoms with Gasteiger partial charge < -0.3 is 20.4 Å². The molecule has 0 saturated heterocycles. The molecule has 8 heteroatoms. The molecule has 0 radical (unpaired) electrons. The Morgan fingerprint density at radius 3 is 2.29 bits per heavy atom. The summed E-state index contributed by atoms with van der Waals surface area (Å²) < 4.78 is 0. The molecule has 2 N–H and O–H groups in total. The van der Waals surface area contributed by atoms with E-state index in [-0.39, 0.29) is 18.5 Å². The number of likely N-dealkylation sites (N-methyl/N-ethyl adjacent to an activating group) is 1. The van der Waals surface area contributed by atoms with Crippen molar-refractivity contribution >= 4 is 23.8 Å². The Balaban J connectivity index is 2.98. The van der Waals surface area contributed by atoms with Crippen molar-refractivity contribution in [2.24, 2.45) is 0 Å². The van der Waals surface area contributed by atoms with Gasteiger partial charge in [0.2, 0.25) is 23.8 Å². The van der Waals surface area contributed by atoms with Gasteiger partial charge >= 0.3 is 0 Å². The maximum Gasteiger partial charge on any atom is 0.239 e. The Bertz CT molecular complexity index is 476. The van der Waals surface area contributed by atoms with Crippen LogP contribution < -0.4 is 20.4 Å². The van der Waals surface area contributed by atoms with Crippen LogP contribution in [0.2, 0.25) is 0 Å². The van der Waals surface area contributed by atoms with E-state index in [4.69, 9.17) is 0 Å². The number of carbonyl (C=O) groups excluding carboxylic acids is 1. The van der Waals surface area contributed by atoms with Gasteiger partial charge in [0.25, 0.3) is 0 Å². The number of nitrogens with one attached hydrogen (secondary N) is 2. The van der Waals surface area contributed by atoms with Gasteiger partial charge in [0.05, 0.1) is 6.54 Å². The Hall–Kier alpha value is -2.12. The lowest BCUT2D eigenvalue weighted by Gasteiger charge is -2.22. The molecule has 8 nitrogen and oxygen atoms in total. The highest BCUT2D eigenvalue weighted by atomic mass is 16.2. The number of carbonyl (C=O) groups is 1. The highest BCUT2D eigenvalue weighted by Gasteiger charge is 2.16. The van der Waals surface area contributed by atoms with E-state index in [1.165, 1.54) is 0 Å². The zero-order valence-electron chi connectivity index (χ0n) is 13.6. The summed E-state index contributed by atoms with van der Waals surface area (Å²) in [5, 5.41) is 5.78. The van der Waals surface area contributed by atoms with E-state index in [9.17, 15) is 4.79 Å². The summed E-state index contributed by atoms with van der Waals surface area (Å²) in [6.45, 7) is 6.67. The van der Waals surface area contributed by atoms with Gasteiger partial charge in [-0.25, -0.2) is 0 Å². The lowest BCUT2D eigenvalue weighted by molar-refractivity contribution is -0.120. The van der Waals surface area contributed by atoms with Gasteiger partial charge in [0, 0.05) is 33.7 Å². The number of nitrogens with zero attached hydrogens (tertiary/aromatic N) is 5. The molecule has 0 spiro atoms. The predicted molar refractivity (Wildman–Crippen MR) is 84.9 cm³/mol. The molecule has 0 saturated carbocycles. The zero-order valence-corrected chi connectivity index (χ0v) is 13.6. The topological polar surface area (TPSA) is 86.3 Å². The fourth-order valence-corrected chi connectivity index (χ4v) is 1.67. The van der Waals surface area contributed by atoms with E-state index in [1.54, 1.807) is 11.9 Å². The van der Waals surface area contributed by atoms with E-state index < -0.39 is 0 Å². The number of hydrogen-bond acceptors (Lipinski definition) is 7. The van der Waals surface area contributed by atoms with Crippen LogP contribution in [0.15, 0.2) is 0 Å². The predicted octanol–water partition coefficient (Wildman–Crippen LogP) is 0.330. The van der Waals surface area contributed by atoms with E-state index in [0.717, 1.165) is 0 Å². The van der Waals surface area contributed by atoms with Gasteiger partial charge in [-0.15, -0.1) is 0 Å². The van der Waals surface area contributed by atoms with Crippen molar-refractivity contribution in [3.05, 3.63) is 0 Å². The maximum atomic E-state index is 11.9. The van der Waals surface area contributed by atoms with Crippen LogP contribution in [0.1, 0.15) is 20.8 Å². The smallest absolute Gasteiger partial charge is 0.239 e. The van der Waals surface area contributed by atoms with Crippen LogP contribution in [-0.4, -0.2) is 61.1 Å². The van der Waals surface area contributed by atoms with Gasteiger partial charge in [0.15, 0.2) is 0 Å². The summed E-state index contributed by atoms with van der Waals surface area (Å²) in [5.74, 6) is 1.46. The number of aromatic nitrogens is 3. The van der Waals surface area contributed by atoms with E-state index in [1.807, 2.05) is 39.8 Å². The van der Waals surface area contributed by atoms with Crippen molar-refractivity contribution in [2.75, 3.05) is 49.3 Å². The minimum absolute atomic E-state index is 0.0512. The summed E-state index contributed by atoms with van der Waals surface area (Å²) in [6, 6.07) is 0.111. The second kappa shape index (κ2) is 7.61. The standard InChI is InChI=1S/C13H25N7O/c1-7-20(8-10(21)15-9(2)3)13-17-11(14-4)16-12(18-13)19(5)6/h9H,7-8H2,1-6H3,(H,15,21)(H,14,16,17,18). The normalized spacial score (nSPS) is 10.4. The van der Waals surface area contributed by atoms with Crippen molar-refractivity contribution in [2.45, 2.75) is 26.8 Å². The highest BCUT2D eigenvalue weighted by molar-refractivity contribution is 5.81. The monoisotopic (exact) mass is 295 g/mol. The van der Waals surface area contributed by atoms with Crippen molar-refractivity contribution in [1.29, 1.82) is 0 Å². The second-order valence-corrected chi connectivity index (χ2v) is 5.14. The van der Waals surface area contributed by atoms with Crippen LogP contribution in [-0.2, 0) is 4.79 Å². The Labute approximate surface area is 126 Å². The Morgan fingerprint density at radius 2 is 1.81 bits per heavy atom.